The normalized spacial score (nSPS) is 10.2. The average Bonchev–Trinajstić information content (AvgIpc) is 2.66. The Hall–Kier alpha value is -3.27. The van der Waals surface area contributed by atoms with Crippen LogP contribution in [0.4, 0.5) is 0 Å². The number of nitrogens with two attached hydrogens (primary N) is 1. The quantitative estimate of drug-likeness (QED) is 0.712. The van der Waals surface area contributed by atoms with Crippen LogP contribution in [0, 0.1) is 0 Å². The van der Waals surface area contributed by atoms with E-state index in [4.69, 9.17) is 15.2 Å². The number of amides is 1. The van der Waals surface area contributed by atoms with E-state index in [1.165, 1.54) is 0 Å². The highest BCUT2D eigenvalue weighted by atomic mass is 16.5. The zero-order valence-corrected chi connectivity index (χ0v) is 13.7. The molecule has 126 valence electrons. The van der Waals surface area contributed by atoms with Gasteiger partial charge in [-0.1, -0.05) is 60.7 Å². The number of carbonyl (C=O) groups is 1. The topological polar surface area (TPSA) is 61.6 Å². The van der Waals surface area contributed by atoms with Gasteiger partial charge in [-0.05, 0) is 29.3 Å². The van der Waals surface area contributed by atoms with E-state index in [-0.39, 0.29) is 0 Å². The first-order valence-corrected chi connectivity index (χ1v) is 7.99. The van der Waals surface area contributed by atoms with Crippen LogP contribution in [-0.2, 0) is 13.2 Å². The lowest BCUT2D eigenvalue weighted by Crippen LogP contribution is -2.13. The summed E-state index contributed by atoms with van der Waals surface area (Å²) in [7, 11) is 0. The van der Waals surface area contributed by atoms with Crippen molar-refractivity contribution in [1.29, 1.82) is 0 Å². The lowest BCUT2D eigenvalue weighted by molar-refractivity contribution is 0.0995. The first-order valence-electron chi connectivity index (χ1n) is 7.99. The molecule has 2 N–H and O–H groups in total. The zero-order chi connectivity index (χ0) is 17.5. The third-order valence-electron chi connectivity index (χ3n) is 3.70. The summed E-state index contributed by atoms with van der Waals surface area (Å²) in [6.45, 7) is 0.786. The van der Waals surface area contributed by atoms with E-state index in [2.05, 4.69) is 0 Å². The van der Waals surface area contributed by atoms with Gasteiger partial charge in [0, 0.05) is 0 Å². The number of ether oxygens (including phenoxy) is 2. The van der Waals surface area contributed by atoms with Crippen LogP contribution in [0.1, 0.15) is 21.5 Å². The van der Waals surface area contributed by atoms with E-state index in [0.717, 1.165) is 11.1 Å². The van der Waals surface area contributed by atoms with Crippen molar-refractivity contribution in [3.05, 3.63) is 95.6 Å². The van der Waals surface area contributed by atoms with Crippen molar-refractivity contribution in [1.82, 2.24) is 0 Å². The second-order valence-electron chi connectivity index (χ2n) is 5.57. The highest BCUT2D eigenvalue weighted by molar-refractivity contribution is 5.96. The lowest BCUT2D eigenvalue weighted by Gasteiger charge is -2.12. The van der Waals surface area contributed by atoms with Crippen LogP contribution in [0.5, 0.6) is 11.5 Å². The van der Waals surface area contributed by atoms with Crippen LogP contribution in [0.25, 0.3) is 0 Å². The third-order valence-corrected chi connectivity index (χ3v) is 3.70. The molecule has 0 aliphatic heterocycles. The molecule has 0 aliphatic rings. The molecule has 4 nitrogen and oxygen atoms in total. The Morgan fingerprint density at radius 3 is 1.88 bits per heavy atom. The number of benzene rings is 3. The largest absolute Gasteiger partial charge is 0.489 e. The maximum atomic E-state index is 11.7. The van der Waals surface area contributed by atoms with Gasteiger partial charge in [0.1, 0.15) is 24.7 Å². The molecule has 0 radical (unpaired) electrons. The minimum absolute atomic E-state index is 0.307. The maximum absolute atomic E-state index is 11.7. The summed E-state index contributed by atoms with van der Waals surface area (Å²) in [5.74, 6) is 0.473. The van der Waals surface area contributed by atoms with E-state index in [1.807, 2.05) is 60.7 Å². The van der Waals surface area contributed by atoms with Crippen LogP contribution in [-0.4, -0.2) is 5.91 Å². The van der Waals surface area contributed by atoms with Gasteiger partial charge in [0.05, 0.1) is 5.56 Å². The first-order chi connectivity index (χ1) is 12.2. The molecule has 0 bridgehead atoms. The Balaban J connectivity index is 1.70. The molecule has 0 unspecified atom stereocenters. The number of primary amides is 1. The first kappa shape index (κ1) is 16.6. The molecule has 25 heavy (non-hydrogen) atoms. The fourth-order valence-corrected chi connectivity index (χ4v) is 2.39. The molecule has 4 heteroatoms. The molecule has 0 heterocycles. The summed E-state index contributed by atoms with van der Waals surface area (Å²) in [5, 5.41) is 0. The van der Waals surface area contributed by atoms with Crippen LogP contribution < -0.4 is 15.2 Å². The summed E-state index contributed by atoms with van der Waals surface area (Å²) >= 11 is 0. The van der Waals surface area contributed by atoms with Crippen molar-refractivity contribution in [2.24, 2.45) is 5.73 Å². The second-order valence-corrected chi connectivity index (χ2v) is 5.57. The van der Waals surface area contributed by atoms with Crippen molar-refractivity contribution < 1.29 is 14.3 Å². The second kappa shape index (κ2) is 8.02. The smallest absolute Gasteiger partial charge is 0.252 e. The lowest BCUT2D eigenvalue weighted by atomic mass is 10.1. The van der Waals surface area contributed by atoms with Crippen LogP contribution in [0.2, 0.25) is 0 Å². The number of carbonyl (C=O) groups excluding carboxylic acids is 1. The van der Waals surface area contributed by atoms with Crippen molar-refractivity contribution in [3.8, 4) is 11.5 Å². The van der Waals surface area contributed by atoms with Crippen LogP contribution in [0.3, 0.4) is 0 Å². The van der Waals surface area contributed by atoms with Gasteiger partial charge in [0.25, 0.3) is 5.91 Å². The van der Waals surface area contributed by atoms with Crippen molar-refractivity contribution in [2.75, 3.05) is 0 Å². The minimum atomic E-state index is -0.548. The third kappa shape index (κ3) is 4.61. The number of hydrogen-bond acceptors (Lipinski definition) is 3. The highest BCUT2D eigenvalue weighted by Gasteiger charge is 2.12. The molecule has 3 rings (SSSR count). The predicted molar refractivity (Wildman–Crippen MR) is 96.5 cm³/mol. The van der Waals surface area contributed by atoms with Gasteiger partial charge in [-0.25, -0.2) is 0 Å². The highest BCUT2D eigenvalue weighted by Crippen LogP contribution is 2.25. The van der Waals surface area contributed by atoms with Gasteiger partial charge < -0.3 is 15.2 Å². The standard InChI is InChI=1S/C21H19NO3/c22-21(23)19-13-18(24-14-16-7-3-1-4-8-16)11-12-20(19)25-15-17-9-5-2-6-10-17/h1-13H,14-15H2,(H2,22,23). The molecular formula is C21H19NO3. The maximum Gasteiger partial charge on any atom is 0.252 e. The number of rotatable bonds is 7. The summed E-state index contributed by atoms with van der Waals surface area (Å²) in [4.78, 5) is 11.7. The molecule has 0 atom stereocenters. The summed E-state index contributed by atoms with van der Waals surface area (Å²) < 4.78 is 11.5. The Bertz CT molecular complexity index is 832. The average molecular weight is 333 g/mol. The van der Waals surface area contributed by atoms with Gasteiger partial charge in [0.2, 0.25) is 0 Å². The monoisotopic (exact) mass is 333 g/mol. The Morgan fingerprint density at radius 1 is 0.760 bits per heavy atom. The Labute approximate surface area is 146 Å². The molecular weight excluding hydrogens is 314 g/mol. The van der Waals surface area contributed by atoms with E-state index >= 15 is 0 Å². The van der Waals surface area contributed by atoms with Gasteiger partial charge in [0.15, 0.2) is 0 Å². The zero-order valence-electron chi connectivity index (χ0n) is 13.7. The van der Waals surface area contributed by atoms with Gasteiger partial charge in [-0.15, -0.1) is 0 Å². The molecule has 0 fully saturated rings. The summed E-state index contributed by atoms with van der Waals surface area (Å²) in [6.07, 6.45) is 0. The molecule has 1 amide bonds. The molecule has 3 aromatic carbocycles. The summed E-state index contributed by atoms with van der Waals surface area (Å²) in [6, 6.07) is 24.7. The van der Waals surface area contributed by atoms with Crippen molar-refractivity contribution in [2.45, 2.75) is 13.2 Å². The molecule has 0 saturated carbocycles. The minimum Gasteiger partial charge on any atom is -0.489 e. The van der Waals surface area contributed by atoms with E-state index in [0.29, 0.717) is 30.3 Å². The van der Waals surface area contributed by atoms with Gasteiger partial charge in [-0.3, -0.25) is 4.79 Å². The predicted octanol–water partition coefficient (Wildman–Crippen LogP) is 3.94. The Kier molecular flexibility index (Phi) is 5.32. The molecule has 3 aromatic rings. The van der Waals surface area contributed by atoms with Crippen molar-refractivity contribution >= 4 is 5.91 Å². The molecule has 0 saturated heterocycles. The van der Waals surface area contributed by atoms with E-state index in [1.54, 1.807) is 18.2 Å². The van der Waals surface area contributed by atoms with Crippen LogP contribution in [0.15, 0.2) is 78.9 Å². The molecule has 0 aromatic heterocycles. The Morgan fingerprint density at radius 2 is 1.32 bits per heavy atom. The summed E-state index contributed by atoms with van der Waals surface area (Å²) in [5.41, 5.74) is 7.86. The van der Waals surface area contributed by atoms with E-state index in [9.17, 15) is 4.79 Å². The molecule has 0 aliphatic carbocycles. The van der Waals surface area contributed by atoms with Gasteiger partial charge in [-0.2, -0.15) is 0 Å². The fraction of sp³-hybridized carbons (Fsp3) is 0.0952. The van der Waals surface area contributed by atoms with Crippen LogP contribution >= 0.6 is 0 Å². The fourth-order valence-electron chi connectivity index (χ4n) is 2.39. The SMILES string of the molecule is NC(=O)c1cc(OCc2ccccc2)ccc1OCc1ccccc1. The van der Waals surface area contributed by atoms with Gasteiger partial charge >= 0.3 is 0 Å². The van der Waals surface area contributed by atoms with E-state index < -0.39 is 5.91 Å². The van der Waals surface area contributed by atoms with Crippen molar-refractivity contribution in [3.63, 3.8) is 0 Å². The molecule has 0 spiro atoms. The number of hydrogen-bond donors (Lipinski definition) is 1.